The van der Waals surface area contributed by atoms with Crippen LogP contribution < -0.4 is 10.2 Å². The molecule has 0 atom stereocenters. The minimum absolute atomic E-state index is 0.271. The van der Waals surface area contributed by atoms with Gasteiger partial charge in [0.15, 0.2) is 0 Å². The summed E-state index contributed by atoms with van der Waals surface area (Å²) in [5.74, 6) is -0.271. The number of benzene rings is 7. The average molecular weight is 670 g/mol. The number of halogens is 1. The number of fused-ring (bicyclic) bond motifs is 6. The molecule has 2 aromatic heterocycles. The summed E-state index contributed by atoms with van der Waals surface area (Å²) in [6.45, 7) is 7.17. The van der Waals surface area contributed by atoms with Gasteiger partial charge in [0.2, 0.25) is 0 Å². The van der Waals surface area contributed by atoms with E-state index in [2.05, 4.69) is 167 Å². The molecule has 0 radical (unpaired) electrons. The minimum atomic E-state index is -1.60. The Labute approximate surface area is 291 Å². The van der Waals surface area contributed by atoms with Crippen molar-refractivity contribution in [3.63, 3.8) is 0 Å². The van der Waals surface area contributed by atoms with Crippen molar-refractivity contribution in [2.75, 3.05) is 24.9 Å². The Balaban J connectivity index is 1.31. The van der Waals surface area contributed by atoms with Gasteiger partial charge in [0.05, 0.1) is 0 Å². The van der Waals surface area contributed by atoms with Gasteiger partial charge < -0.3 is 0 Å². The van der Waals surface area contributed by atoms with Crippen LogP contribution in [0.3, 0.4) is 0 Å². The Kier molecular flexibility index (Phi) is 7.12. The molecule has 0 unspecified atom stereocenters. The summed E-state index contributed by atoms with van der Waals surface area (Å²) in [7, 11) is -1.60. The number of para-hydroxylation sites is 4. The number of aromatic nitrogens is 2. The zero-order valence-corrected chi connectivity index (χ0v) is 29.3. The molecule has 0 aliphatic rings. The van der Waals surface area contributed by atoms with Crippen LogP contribution in [-0.2, 0) is 0 Å². The second-order valence-corrected chi connectivity index (χ2v) is 19.1. The maximum absolute atomic E-state index is 15.9. The summed E-state index contributed by atoms with van der Waals surface area (Å²) in [6.07, 6.45) is 0. The molecule has 0 fully saturated rings. The van der Waals surface area contributed by atoms with Crippen molar-refractivity contribution in [3.05, 3.63) is 170 Å². The van der Waals surface area contributed by atoms with Gasteiger partial charge in [-0.1, -0.05) is 30.3 Å². The van der Waals surface area contributed by atoms with Crippen molar-refractivity contribution >= 4 is 73.2 Å². The molecule has 0 bridgehead atoms. The molecule has 9 aromatic rings. The van der Waals surface area contributed by atoms with Gasteiger partial charge in [-0.25, -0.2) is 0 Å². The second kappa shape index (κ2) is 11.7. The first-order chi connectivity index (χ1) is 24.4. The third-order valence-corrected chi connectivity index (χ3v) is 12.0. The van der Waals surface area contributed by atoms with Gasteiger partial charge in [-0.15, -0.1) is 0 Å². The van der Waals surface area contributed by atoms with Crippen LogP contribution in [0.4, 0.5) is 21.5 Å². The van der Waals surface area contributed by atoms with Crippen LogP contribution in [-0.4, -0.2) is 29.1 Å². The molecule has 0 spiro atoms. The Morgan fingerprint density at radius 2 is 0.900 bits per heavy atom. The van der Waals surface area contributed by atoms with Crippen LogP contribution in [0.2, 0.25) is 0 Å². The van der Waals surface area contributed by atoms with E-state index in [0.717, 1.165) is 61.0 Å². The number of hydrogen-bond donors (Lipinski definition) is 0. The van der Waals surface area contributed by atoms with Crippen LogP contribution in [0.25, 0.3) is 55.0 Å². The molecular formula is C45H37FN3P. The zero-order valence-electron chi connectivity index (χ0n) is 28.3. The molecule has 9 rings (SSSR count). The third kappa shape index (κ3) is 4.90. The van der Waals surface area contributed by atoms with Gasteiger partial charge in [0, 0.05) is 5.69 Å². The molecule has 0 aliphatic heterocycles. The molecule has 5 heteroatoms. The number of hydrogen-bond acceptors (Lipinski definition) is 1. The summed E-state index contributed by atoms with van der Waals surface area (Å²) in [5, 5.41) is 6.03. The second-order valence-electron chi connectivity index (χ2n) is 14.0. The van der Waals surface area contributed by atoms with E-state index in [1.165, 1.54) is 10.7 Å². The summed E-state index contributed by atoms with van der Waals surface area (Å²) >= 11 is 0. The molecule has 3 nitrogen and oxygen atoms in total. The van der Waals surface area contributed by atoms with Gasteiger partial charge in [-0.05, 0) is 18.2 Å². The summed E-state index contributed by atoms with van der Waals surface area (Å²) < 4.78 is 20.6. The molecule has 0 saturated carbocycles. The van der Waals surface area contributed by atoms with Crippen molar-refractivity contribution in [1.82, 2.24) is 9.13 Å². The van der Waals surface area contributed by atoms with E-state index in [1.54, 1.807) is 12.1 Å². The maximum atomic E-state index is 15.9. The van der Waals surface area contributed by atoms with E-state index in [0.29, 0.717) is 5.69 Å². The molecule has 0 amide bonds. The average Bonchev–Trinajstić information content (AvgIpc) is 3.65. The van der Waals surface area contributed by atoms with E-state index < -0.39 is 7.26 Å². The van der Waals surface area contributed by atoms with Gasteiger partial charge >= 0.3 is 238 Å². The summed E-state index contributed by atoms with van der Waals surface area (Å²) in [6, 6.07) is 56.6. The van der Waals surface area contributed by atoms with Crippen molar-refractivity contribution < 1.29 is 4.39 Å². The fourth-order valence-electron chi connectivity index (χ4n) is 7.49. The molecule has 50 heavy (non-hydrogen) atoms. The number of nitrogens with zero attached hydrogens (tertiary/aromatic N) is 3. The molecule has 0 aliphatic carbocycles. The Morgan fingerprint density at radius 1 is 0.440 bits per heavy atom. The first-order valence-electron chi connectivity index (χ1n) is 17.1. The van der Waals surface area contributed by atoms with Crippen LogP contribution in [0.15, 0.2) is 164 Å². The van der Waals surface area contributed by atoms with Crippen molar-refractivity contribution in [2.45, 2.75) is 0 Å². The predicted octanol–water partition coefficient (Wildman–Crippen LogP) is 11.8. The molecule has 244 valence electrons. The predicted molar refractivity (Wildman–Crippen MR) is 215 cm³/mol. The van der Waals surface area contributed by atoms with Crippen molar-refractivity contribution in [2.24, 2.45) is 0 Å². The Bertz CT molecular complexity index is 2700. The van der Waals surface area contributed by atoms with E-state index in [4.69, 9.17) is 0 Å². The summed E-state index contributed by atoms with van der Waals surface area (Å²) in [5.41, 5.74) is 9.06. The monoisotopic (exact) mass is 669 g/mol. The standard InChI is InChI=1S/C45H37FN3P/c1-50(2,3)35-24-27-44-39(30-35)38-29-34(23-26-43(38)49(44)32-16-8-5-9-17-32)47(45-21-13-11-19-40(45)46)33-22-25-42-37(28-33)36-18-10-12-20-41(36)48(42)31-14-6-4-7-15-31/h4-30,50H,1-3H3. The first kappa shape index (κ1) is 30.4. The van der Waals surface area contributed by atoms with Crippen molar-refractivity contribution in [1.29, 1.82) is 0 Å². The van der Waals surface area contributed by atoms with E-state index in [9.17, 15) is 0 Å². The van der Waals surface area contributed by atoms with Crippen LogP contribution in [0, 0.1) is 5.82 Å². The SMILES string of the molecule is C[PH](C)(C)c1ccc2c(c1)c1cc(N(c3ccc4c(c3)c3ccccc3n4-c3ccccc3)c3ccccc3F)ccc1n2-c1ccccc1. The number of anilines is 3. The molecule has 7 aromatic carbocycles. The molecule has 0 N–H and O–H groups in total. The normalized spacial score (nSPS) is 12.3. The fourth-order valence-corrected chi connectivity index (χ4v) is 8.65. The number of rotatable bonds is 6. The molecule has 0 saturated heterocycles. The van der Waals surface area contributed by atoms with E-state index in [-0.39, 0.29) is 5.82 Å². The summed E-state index contributed by atoms with van der Waals surface area (Å²) in [4.78, 5) is 2.07. The van der Waals surface area contributed by atoms with Crippen LogP contribution >= 0.6 is 7.26 Å². The topological polar surface area (TPSA) is 13.1 Å². The van der Waals surface area contributed by atoms with Crippen molar-refractivity contribution in [3.8, 4) is 11.4 Å². The van der Waals surface area contributed by atoms with Crippen LogP contribution in [0.1, 0.15) is 0 Å². The van der Waals surface area contributed by atoms with Crippen LogP contribution in [0.5, 0.6) is 0 Å². The van der Waals surface area contributed by atoms with E-state index in [1.807, 2.05) is 18.2 Å². The third-order valence-electron chi connectivity index (χ3n) is 9.91. The zero-order chi connectivity index (χ0) is 34.0. The Hall–Kier alpha value is -5.70. The van der Waals surface area contributed by atoms with Gasteiger partial charge in [0.25, 0.3) is 0 Å². The Morgan fingerprint density at radius 3 is 1.48 bits per heavy atom. The molecule has 2 heterocycles. The quantitative estimate of drug-likeness (QED) is 0.161. The van der Waals surface area contributed by atoms with Gasteiger partial charge in [0.1, 0.15) is 0 Å². The fraction of sp³-hybridized carbons (Fsp3) is 0.0667. The van der Waals surface area contributed by atoms with E-state index >= 15 is 4.39 Å². The first-order valence-corrected chi connectivity index (χ1v) is 20.6. The van der Waals surface area contributed by atoms with Gasteiger partial charge in [-0.3, -0.25) is 0 Å². The molecular weight excluding hydrogens is 632 g/mol. The van der Waals surface area contributed by atoms with Gasteiger partial charge in [-0.2, -0.15) is 0 Å².